The van der Waals surface area contributed by atoms with Crippen LogP contribution < -0.4 is 0 Å². The summed E-state index contributed by atoms with van der Waals surface area (Å²) in [6, 6.07) is 6.29. The van der Waals surface area contributed by atoms with Gasteiger partial charge in [-0.2, -0.15) is 10.1 Å². The van der Waals surface area contributed by atoms with Crippen LogP contribution in [0.1, 0.15) is 11.1 Å². The van der Waals surface area contributed by atoms with Crippen LogP contribution in [0, 0.1) is 13.8 Å². The van der Waals surface area contributed by atoms with Crippen LogP contribution in [0.15, 0.2) is 24.4 Å². The van der Waals surface area contributed by atoms with E-state index in [9.17, 15) is 0 Å². The molecule has 0 saturated carbocycles. The Bertz CT molecular complexity index is 713. The smallest absolute Gasteiger partial charge is 0.224 e. The summed E-state index contributed by atoms with van der Waals surface area (Å²) in [4.78, 5) is 8.42. The van der Waals surface area contributed by atoms with Crippen LogP contribution in [0.2, 0.25) is 5.28 Å². The number of hydrogen-bond donors (Lipinski definition) is 1. The van der Waals surface area contributed by atoms with E-state index in [0.29, 0.717) is 5.65 Å². The van der Waals surface area contributed by atoms with Gasteiger partial charge >= 0.3 is 0 Å². The minimum atomic E-state index is 0.223. The molecule has 18 heavy (non-hydrogen) atoms. The third-order valence-electron chi connectivity index (χ3n) is 2.78. The molecule has 0 aliphatic carbocycles. The summed E-state index contributed by atoms with van der Waals surface area (Å²) in [7, 11) is 0. The Hall–Kier alpha value is -1.94. The lowest BCUT2D eigenvalue weighted by Gasteiger charge is -2.05. The molecule has 0 unspecified atom stereocenters. The summed E-state index contributed by atoms with van der Waals surface area (Å²) in [5.41, 5.74) is 4.88. The third-order valence-corrected chi connectivity index (χ3v) is 2.95. The Morgan fingerprint density at radius 1 is 1.06 bits per heavy atom. The van der Waals surface area contributed by atoms with Crippen molar-refractivity contribution in [3.63, 3.8) is 0 Å². The summed E-state index contributed by atoms with van der Waals surface area (Å²) in [6.45, 7) is 4.12. The summed E-state index contributed by atoms with van der Waals surface area (Å²) < 4.78 is 0. The van der Waals surface area contributed by atoms with E-state index in [0.717, 1.165) is 16.6 Å². The molecular formula is C13H11ClN4. The summed E-state index contributed by atoms with van der Waals surface area (Å²) in [5.74, 6) is 0. The van der Waals surface area contributed by atoms with E-state index in [1.807, 2.05) is 0 Å². The lowest BCUT2D eigenvalue weighted by atomic mass is 10.0. The molecule has 5 heteroatoms. The zero-order chi connectivity index (χ0) is 12.7. The highest BCUT2D eigenvalue weighted by Crippen LogP contribution is 2.27. The van der Waals surface area contributed by atoms with Gasteiger partial charge in [-0.15, -0.1) is 0 Å². The molecular weight excluding hydrogens is 248 g/mol. The molecule has 0 atom stereocenters. The van der Waals surface area contributed by atoms with Crippen molar-refractivity contribution in [2.24, 2.45) is 0 Å². The number of rotatable bonds is 1. The quantitative estimate of drug-likeness (QED) is 0.682. The monoisotopic (exact) mass is 258 g/mol. The van der Waals surface area contributed by atoms with Gasteiger partial charge in [0.1, 0.15) is 0 Å². The second-order valence-electron chi connectivity index (χ2n) is 4.35. The standard InChI is InChI=1S/C13H11ClN4/c1-7-3-8(2)5-9(4-7)11-10-6-15-18-12(10)17-13(14)16-11/h3-6H,1-2H3,(H,15,16,17,18). The number of nitrogens with zero attached hydrogens (tertiary/aromatic N) is 3. The highest BCUT2D eigenvalue weighted by Gasteiger charge is 2.11. The first kappa shape index (κ1) is 11.2. The number of fused-ring (bicyclic) bond motifs is 1. The SMILES string of the molecule is Cc1cc(C)cc(-c2nc(Cl)nc3[nH]ncc23)c1. The molecule has 0 fully saturated rings. The molecule has 3 aromatic rings. The zero-order valence-electron chi connectivity index (χ0n) is 10.0. The van der Waals surface area contributed by atoms with E-state index in [-0.39, 0.29) is 5.28 Å². The molecule has 90 valence electrons. The second kappa shape index (κ2) is 4.07. The molecule has 0 aliphatic rings. The van der Waals surface area contributed by atoms with Gasteiger partial charge in [-0.05, 0) is 37.6 Å². The number of aryl methyl sites for hydroxylation is 2. The van der Waals surface area contributed by atoms with Crippen molar-refractivity contribution in [3.05, 3.63) is 40.8 Å². The lowest BCUT2D eigenvalue weighted by molar-refractivity contribution is 1.09. The largest absolute Gasteiger partial charge is 0.261 e. The number of hydrogen-bond acceptors (Lipinski definition) is 3. The van der Waals surface area contributed by atoms with Gasteiger partial charge in [0.05, 0.1) is 17.3 Å². The maximum absolute atomic E-state index is 5.94. The summed E-state index contributed by atoms with van der Waals surface area (Å²) in [5, 5.41) is 7.90. The zero-order valence-corrected chi connectivity index (χ0v) is 10.8. The van der Waals surface area contributed by atoms with Crippen molar-refractivity contribution in [1.82, 2.24) is 20.2 Å². The predicted octanol–water partition coefficient (Wildman–Crippen LogP) is 3.29. The van der Waals surface area contributed by atoms with Gasteiger partial charge in [0.2, 0.25) is 5.28 Å². The summed E-state index contributed by atoms with van der Waals surface area (Å²) in [6.07, 6.45) is 1.72. The van der Waals surface area contributed by atoms with Crippen molar-refractivity contribution < 1.29 is 0 Å². The number of nitrogens with one attached hydrogen (secondary N) is 1. The minimum Gasteiger partial charge on any atom is -0.261 e. The van der Waals surface area contributed by atoms with Crippen LogP contribution in [-0.2, 0) is 0 Å². The first-order valence-corrected chi connectivity index (χ1v) is 5.96. The van der Waals surface area contributed by atoms with Crippen molar-refractivity contribution in [1.29, 1.82) is 0 Å². The molecule has 1 N–H and O–H groups in total. The van der Waals surface area contributed by atoms with E-state index >= 15 is 0 Å². The lowest BCUT2D eigenvalue weighted by Crippen LogP contribution is -1.91. The Morgan fingerprint density at radius 2 is 1.78 bits per heavy atom. The fourth-order valence-corrected chi connectivity index (χ4v) is 2.31. The molecule has 4 nitrogen and oxygen atoms in total. The maximum atomic E-state index is 5.94. The van der Waals surface area contributed by atoms with Gasteiger partial charge < -0.3 is 0 Å². The maximum Gasteiger partial charge on any atom is 0.224 e. The highest BCUT2D eigenvalue weighted by molar-refractivity contribution is 6.28. The summed E-state index contributed by atoms with van der Waals surface area (Å²) >= 11 is 5.94. The molecule has 0 saturated heterocycles. The van der Waals surface area contributed by atoms with E-state index in [1.54, 1.807) is 6.20 Å². The van der Waals surface area contributed by atoms with Crippen LogP contribution >= 0.6 is 11.6 Å². The second-order valence-corrected chi connectivity index (χ2v) is 4.69. The van der Waals surface area contributed by atoms with Gasteiger partial charge in [0.15, 0.2) is 5.65 Å². The Labute approximate surface area is 109 Å². The predicted molar refractivity (Wildman–Crippen MR) is 71.6 cm³/mol. The minimum absolute atomic E-state index is 0.223. The van der Waals surface area contributed by atoms with Gasteiger partial charge in [0.25, 0.3) is 0 Å². The van der Waals surface area contributed by atoms with E-state index in [1.165, 1.54) is 11.1 Å². The van der Waals surface area contributed by atoms with Crippen molar-refractivity contribution >= 4 is 22.6 Å². The molecule has 0 bridgehead atoms. The average Bonchev–Trinajstić information content (AvgIpc) is 2.74. The van der Waals surface area contributed by atoms with E-state index in [4.69, 9.17) is 11.6 Å². The molecule has 0 aliphatic heterocycles. The average molecular weight is 259 g/mol. The van der Waals surface area contributed by atoms with Crippen molar-refractivity contribution in [3.8, 4) is 11.3 Å². The third kappa shape index (κ3) is 1.84. The van der Waals surface area contributed by atoms with E-state index in [2.05, 4.69) is 52.2 Å². The Balaban J connectivity index is 2.33. The normalized spacial score (nSPS) is 11.1. The van der Waals surface area contributed by atoms with Crippen LogP contribution in [-0.4, -0.2) is 20.2 Å². The Morgan fingerprint density at radius 3 is 2.50 bits per heavy atom. The molecule has 0 amide bonds. The number of H-pyrrole nitrogens is 1. The topological polar surface area (TPSA) is 54.5 Å². The molecule has 1 aromatic carbocycles. The fraction of sp³-hybridized carbons (Fsp3) is 0.154. The number of aromatic nitrogens is 4. The van der Waals surface area contributed by atoms with Gasteiger partial charge in [0, 0.05) is 5.56 Å². The molecule has 3 rings (SSSR count). The molecule has 0 spiro atoms. The first-order valence-electron chi connectivity index (χ1n) is 5.59. The number of halogens is 1. The van der Waals surface area contributed by atoms with Crippen LogP contribution in [0.5, 0.6) is 0 Å². The van der Waals surface area contributed by atoms with E-state index < -0.39 is 0 Å². The van der Waals surface area contributed by atoms with Crippen LogP contribution in [0.4, 0.5) is 0 Å². The fourth-order valence-electron chi connectivity index (χ4n) is 2.14. The van der Waals surface area contributed by atoms with Crippen molar-refractivity contribution in [2.75, 3.05) is 0 Å². The molecule has 0 radical (unpaired) electrons. The van der Waals surface area contributed by atoms with Gasteiger partial charge in [-0.3, -0.25) is 5.10 Å². The molecule has 2 aromatic heterocycles. The number of benzene rings is 1. The first-order chi connectivity index (χ1) is 8.63. The highest BCUT2D eigenvalue weighted by atomic mass is 35.5. The number of aromatic amines is 1. The van der Waals surface area contributed by atoms with Gasteiger partial charge in [-0.25, -0.2) is 4.98 Å². The van der Waals surface area contributed by atoms with Gasteiger partial charge in [-0.1, -0.05) is 17.2 Å². The van der Waals surface area contributed by atoms with Crippen molar-refractivity contribution in [2.45, 2.75) is 13.8 Å². The van der Waals surface area contributed by atoms with Crippen LogP contribution in [0.3, 0.4) is 0 Å². The van der Waals surface area contributed by atoms with Crippen LogP contribution in [0.25, 0.3) is 22.3 Å². The molecule has 2 heterocycles. The Kier molecular flexibility index (Phi) is 2.52.